The number of hydrogen-bond acceptors (Lipinski definition) is 3. The van der Waals surface area contributed by atoms with Crippen LogP contribution in [0.1, 0.15) is 21.3 Å². The van der Waals surface area contributed by atoms with Gasteiger partial charge in [-0.05, 0) is 26.0 Å². The minimum Gasteiger partial charge on any atom is -0.333 e. The lowest BCUT2D eigenvalue weighted by Crippen LogP contribution is -1.99. The molecule has 3 nitrogen and oxygen atoms in total. The molecule has 4 heteroatoms. The first-order valence-corrected chi connectivity index (χ1v) is 5.50. The standard InChI is InChI=1S/C11H11N3S/c1-8-9(2)15-11(13-8)7-14-5-3-4-10(14)6-12/h3-5H,7H2,1-2H3. The van der Waals surface area contributed by atoms with Crippen LogP contribution in [0.5, 0.6) is 0 Å². The molecule has 0 radical (unpaired) electrons. The highest BCUT2D eigenvalue weighted by molar-refractivity contribution is 7.11. The van der Waals surface area contributed by atoms with Crippen molar-refractivity contribution >= 4 is 11.3 Å². The molecule has 0 aliphatic carbocycles. The second-order valence-corrected chi connectivity index (χ2v) is 4.67. The topological polar surface area (TPSA) is 41.6 Å². The summed E-state index contributed by atoms with van der Waals surface area (Å²) < 4.78 is 1.91. The van der Waals surface area contributed by atoms with E-state index in [1.54, 1.807) is 11.3 Å². The molecule has 76 valence electrons. The lowest BCUT2D eigenvalue weighted by molar-refractivity contribution is 0.784. The Balaban J connectivity index is 2.26. The van der Waals surface area contributed by atoms with Crippen molar-refractivity contribution < 1.29 is 0 Å². The average molecular weight is 217 g/mol. The Hall–Kier alpha value is -1.60. The Morgan fingerprint density at radius 2 is 2.33 bits per heavy atom. The molecule has 0 atom stereocenters. The molecule has 2 aromatic rings. The number of aryl methyl sites for hydroxylation is 2. The first kappa shape index (κ1) is 9.94. The molecule has 15 heavy (non-hydrogen) atoms. The first-order valence-electron chi connectivity index (χ1n) is 4.69. The van der Waals surface area contributed by atoms with Gasteiger partial charge in [0.1, 0.15) is 16.8 Å². The minimum atomic E-state index is 0.681. The van der Waals surface area contributed by atoms with Crippen molar-refractivity contribution in [2.75, 3.05) is 0 Å². The van der Waals surface area contributed by atoms with Crippen LogP contribution in [-0.2, 0) is 6.54 Å². The fraction of sp³-hybridized carbons (Fsp3) is 0.273. The van der Waals surface area contributed by atoms with Crippen LogP contribution >= 0.6 is 11.3 Å². The molecular formula is C11H11N3S. The lowest BCUT2D eigenvalue weighted by atomic mass is 10.4. The van der Waals surface area contributed by atoms with Gasteiger partial charge in [0, 0.05) is 11.1 Å². The fourth-order valence-electron chi connectivity index (χ4n) is 1.41. The zero-order valence-electron chi connectivity index (χ0n) is 8.69. The van der Waals surface area contributed by atoms with Gasteiger partial charge in [0.2, 0.25) is 0 Å². The van der Waals surface area contributed by atoms with Crippen LogP contribution in [0.4, 0.5) is 0 Å². The third-order valence-electron chi connectivity index (χ3n) is 2.32. The SMILES string of the molecule is Cc1nc(Cn2cccc2C#N)sc1C. The second kappa shape index (κ2) is 3.87. The maximum absolute atomic E-state index is 8.86. The summed E-state index contributed by atoms with van der Waals surface area (Å²) >= 11 is 1.69. The van der Waals surface area contributed by atoms with Gasteiger partial charge >= 0.3 is 0 Å². The highest BCUT2D eigenvalue weighted by atomic mass is 32.1. The number of aromatic nitrogens is 2. The van der Waals surface area contributed by atoms with E-state index >= 15 is 0 Å². The molecule has 0 saturated carbocycles. The zero-order valence-corrected chi connectivity index (χ0v) is 9.51. The van der Waals surface area contributed by atoms with E-state index in [-0.39, 0.29) is 0 Å². The summed E-state index contributed by atoms with van der Waals surface area (Å²) in [7, 11) is 0. The van der Waals surface area contributed by atoms with Crippen LogP contribution in [0.25, 0.3) is 0 Å². The quantitative estimate of drug-likeness (QED) is 0.775. The van der Waals surface area contributed by atoms with Gasteiger partial charge < -0.3 is 4.57 Å². The van der Waals surface area contributed by atoms with Crippen molar-refractivity contribution in [2.45, 2.75) is 20.4 Å². The van der Waals surface area contributed by atoms with Gasteiger partial charge in [0.15, 0.2) is 0 Å². The van der Waals surface area contributed by atoms with E-state index in [0.29, 0.717) is 12.2 Å². The summed E-state index contributed by atoms with van der Waals surface area (Å²) in [4.78, 5) is 5.69. The Kier molecular flexibility index (Phi) is 2.57. The van der Waals surface area contributed by atoms with Crippen molar-refractivity contribution in [1.29, 1.82) is 5.26 Å². The molecule has 0 amide bonds. The number of nitriles is 1. The van der Waals surface area contributed by atoms with Crippen LogP contribution in [0.3, 0.4) is 0 Å². The molecule has 0 fully saturated rings. The fourth-order valence-corrected chi connectivity index (χ4v) is 2.34. The number of hydrogen-bond donors (Lipinski definition) is 0. The van der Waals surface area contributed by atoms with Gasteiger partial charge in [-0.3, -0.25) is 0 Å². The summed E-state index contributed by atoms with van der Waals surface area (Å²) in [5, 5.41) is 9.91. The summed E-state index contributed by atoms with van der Waals surface area (Å²) in [6, 6.07) is 5.85. The highest BCUT2D eigenvalue weighted by Crippen LogP contribution is 2.18. The maximum atomic E-state index is 8.86. The molecule has 2 heterocycles. The maximum Gasteiger partial charge on any atom is 0.120 e. The smallest absolute Gasteiger partial charge is 0.120 e. The number of thiazole rings is 1. The third-order valence-corrected chi connectivity index (χ3v) is 3.38. The third kappa shape index (κ3) is 1.92. The molecule has 0 N–H and O–H groups in total. The van der Waals surface area contributed by atoms with E-state index in [1.807, 2.05) is 29.8 Å². The van der Waals surface area contributed by atoms with E-state index in [4.69, 9.17) is 5.26 Å². The summed E-state index contributed by atoms with van der Waals surface area (Å²) in [6.45, 7) is 4.77. The van der Waals surface area contributed by atoms with Gasteiger partial charge in [0.05, 0.1) is 12.2 Å². The van der Waals surface area contributed by atoms with Crippen LogP contribution in [0.2, 0.25) is 0 Å². The Bertz CT molecular complexity index is 497. The highest BCUT2D eigenvalue weighted by Gasteiger charge is 2.06. The summed E-state index contributed by atoms with van der Waals surface area (Å²) in [5.41, 5.74) is 1.76. The normalized spacial score (nSPS) is 10.2. The number of nitrogens with zero attached hydrogens (tertiary/aromatic N) is 3. The average Bonchev–Trinajstić information content (AvgIpc) is 2.75. The monoisotopic (exact) mass is 217 g/mol. The van der Waals surface area contributed by atoms with Crippen molar-refractivity contribution in [2.24, 2.45) is 0 Å². The number of rotatable bonds is 2. The van der Waals surface area contributed by atoms with Crippen LogP contribution in [0.15, 0.2) is 18.3 Å². The van der Waals surface area contributed by atoms with Crippen molar-refractivity contribution in [3.05, 3.63) is 39.6 Å². The Morgan fingerprint density at radius 1 is 1.53 bits per heavy atom. The molecule has 0 unspecified atom stereocenters. The largest absolute Gasteiger partial charge is 0.333 e. The Labute approximate surface area is 92.6 Å². The van der Waals surface area contributed by atoms with Crippen molar-refractivity contribution in [1.82, 2.24) is 9.55 Å². The van der Waals surface area contributed by atoms with Crippen molar-refractivity contribution in [3.63, 3.8) is 0 Å². The van der Waals surface area contributed by atoms with E-state index < -0.39 is 0 Å². The molecule has 0 bridgehead atoms. The Morgan fingerprint density at radius 3 is 2.93 bits per heavy atom. The van der Waals surface area contributed by atoms with Crippen molar-refractivity contribution in [3.8, 4) is 6.07 Å². The molecule has 0 aliphatic rings. The van der Waals surface area contributed by atoms with Crippen LogP contribution < -0.4 is 0 Å². The lowest BCUT2D eigenvalue weighted by Gasteiger charge is -2.00. The van der Waals surface area contributed by atoms with Gasteiger partial charge in [-0.15, -0.1) is 11.3 Å². The van der Waals surface area contributed by atoms with Crippen LogP contribution in [-0.4, -0.2) is 9.55 Å². The van der Waals surface area contributed by atoms with Gasteiger partial charge in [0.25, 0.3) is 0 Å². The van der Waals surface area contributed by atoms with E-state index in [2.05, 4.69) is 18.0 Å². The van der Waals surface area contributed by atoms with E-state index in [0.717, 1.165) is 10.7 Å². The molecule has 0 aromatic carbocycles. The molecule has 0 aliphatic heterocycles. The molecule has 2 rings (SSSR count). The molecule has 0 spiro atoms. The van der Waals surface area contributed by atoms with Gasteiger partial charge in [-0.2, -0.15) is 5.26 Å². The first-order chi connectivity index (χ1) is 7.20. The van der Waals surface area contributed by atoms with E-state index in [1.165, 1.54) is 4.88 Å². The predicted octanol–water partition coefficient (Wildman–Crippen LogP) is 2.48. The van der Waals surface area contributed by atoms with Crippen LogP contribution in [0, 0.1) is 25.2 Å². The molecular weight excluding hydrogens is 206 g/mol. The molecule has 0 saturated heterocycles. The second-order valence-electron chi connectivity index (χ2n) is 3.38. The van der Waals surface area contributed by atoms with Gasteiger partial charge in [-0.1, -0.05) is 0 Å². The predicted molar refractivity (Wildman–Crippen MR) is 59.8 cm³/mol. The van der Waals surface area contributed by atoms with Gasteiger partial charge in [-0.25, -0.2) is 4.98 Å². The summed E-state index contributed by atoms with van der Waals surface area (Å²) in [6.07, 6.45) is 1.91. The summed E-state index contributed by atoms with van der Waals surface area (Å²) in [5.74, 6) is 0. The zero-order chi connectivity index (χ0) is 10.8. The molecule has 2 aromatic heterocycles. The van der Waals surface area contributed by atoms with E-state index in [9.17, 15) is 0 Å². The minimum absolute atomic E-state index is 0.681.